The van der Waals surface area contributed by atoms with Gasteiger partial charge in [-0.15, -0.1) is 0 Å². The Hall–Kier alpha value is -1.30. The fraction of sp³-hybridized carbons (Fsp3) is 0.533. The Labute approximate surface area is 130 Å². The van der Waals surface area contributed by atoms with Gasteiger partial charge in [-0.05, 0) is 27.0 Å². The molecular formula is C15H23ClN4O. The van der Waals surface area contributed by atoms with Crippen LogP contribution in [0.15, 0.2) is 12.3 Å². The molecule has 0 aliphatic heterocycles. The Morgan fingerprint density at radius 3 is 2.62 bits per heavy atom. The van der Waals surface area contributed by atoms with E-state index in [0.717, 1.165) is 29.5 Å². The van der Waals surface area contributed by atoms with Crippen molar-refractivity contribution in [2.75, 3.05) is 13.7 Å². The summed E-state index contributed by atoms with van der Waals surface area (Å²) in [6, 6.07) is 1.99. The Morgan fingerprint density at radius 1 is 1.33 bits per heavy atom. The van der Waals surface area contributed by atoms with Crippen molar-refractivity contribution in [3.63, 3.8) is 0 Å². The van der Waals surface area contributed by atoms with Crippen molar-refractivity contribution in [3.05, 3.63) is 39.9 Å². The summed E-state index contributed by atoms with van der Waals surface area (Å²) in [7, 11) is 4.09. The Balaban J connectivity index is 2.09. The predicted octanol–water partition coefficient (Wildman–Crippen LogP) is 2.12. The van der Waals surface area contributed by atoms with Gasteiger partial charge >= 0.3 is 0 Å². The van der Waals surface area contributed by atoms with E-state index in [0.29, 0.717) is 6.54 Å². The Morgan fingerprint density at radius 2 is 2.05 bits per heavy atom. The first kappa shape index (κ1) is 16.1. The smallest absolute Gasteiger partial charge is 0.0644 e. The number of aromatic nitrogens is 3. The van der Waals surface area contributed by atoms with Crippen LogP contribution in [-0.4, -0.2) is 38.0 Å². The molecule has 2 rings (SSSR count). The van der Waals surface area contributed by atoms with E-state index in [1.54, 1.807) is 0 Å². The number of hydrogen-bond acceptors (Lipinski definition) is 3. The minimum Gasteiger partial charge on any atom is -0.394 e. The zero-order valence-corrected chi connectivity index (χ0v) is 13.9. The second-order valence-corrected chi connectivity index (χ2v) is 5.97. The fourth-order valence-electron chi connectivity index (χ4n) is 2.60. The summed E-state index contributed by atoms with van der Waals surface area (Å²) < 4.78 is 3.92. The van der Waals surface area contributed by atoms with Crippen LogP contribution in [0.2, 0.25) is 5.02 Å². The van der Waals surface area contributed by atoms with Gasteiger partial charge in [0.1, 0.15) is 0 Å². The van der Waals surface area contributed by atoms with Gasteiger partial charge in [-0.3, -0.25) is 9.58 Å². The lowest BCUT2D eigenvalue weighted by Crippen LogP contribution is -2.19. The molecule has 1 N–H and O–H groups in total. The highest BCUT2D eigenvalue weighted by Gasteiger charge is 2.14. The van der Waals surface area contributed by atoms with Crippen LogP contribution in [0, 0.1) is 13.8 Å². The summed E-state index contributed by atoms with van der Waals surface area (Å²) in [6.45, 7) is 6.38. The molecule has 0 fully saturated rings. The molecule has 0 unspecified atom stereocenters. The van der Waals surface area contributed by atoms with Crippen molar-refractivity contribution >= 4 is 11.6 Å². The van der Waals surface area contributed by atoms with E-state index in [2.05, 4.69) is 24.0 Å². The van der Waals surface area contributed by atoms with Gasteiger partial charge in [0.05, 0.1) is 23.9 Å². The SMILES string of the molecule is Cc1nn(CCO)c(C)c1CN(C)Cc1cc(Cl)cn1C. The Kier molecular flexibility index (Phi) is 5.08. The van der Waals surface area contributed by atoms with E-state index in [1.807, 2.05) is 35.5 Å². The second kappa shape index (κ2) is 6.64. The zero-order chi connectivity index (χ0) is 15.6. The molecule has 0 aliphatic carbocycles. The van der Waals surface area contributed by atoms with E-state index in [1.165, 1.54) is 11.3 Å². The van der Waals surface area contributed by atoms with Crippen molar-refractivity contribution in [1.29, 1.82) is 0 Å². The number of halogens is 1. The van der Waals surface area contributed by atoms with Crippen LogP contribution in [0.25, 0.3) is 0 Å². The molecule has 0 radical (unpaired) electrons. The molecule has 0 atom stereocenters. The maximum absolute atomic E-state index is 9.07. The van der Waals surface area contributed by atoms with Gasteiger partial charge in [-0.2, -0.15) is 5.10 Å². The Bertz CT molecular complexity index is 617. The van der Waals surface area contributed by atoms with Gasteiger partial charge in [0.2, 0.25) is 0 Å². The lowest BCUT2D eigenvalue weighted by molar-refractivity contribution is 0.267. The van der Waals surface area contributed by atoms with Crippen molar-refractivity contribution < 1.29 is 5.11 Å². The molecule has 0 bridgehead atoms. The number of aryl methyl sites for hydroxylation is 2. The molecule has 0 spiro atoms. The molecular weight excluding hydrogens is 288 g/mol. The first-order chi connectivity index (χ1) is 9.92. The maximum atomic E-state index is 9.07. The van der Waals surface area contributed by atoms with Gasteiger partial charge in [-0.25, -0.2) is 0 Å². The van der Waals surface area contributed by atoms with E-state index in [-0.39, 0.29) is 6.61 Å². The van der Waals surface area contributed by atoms with E-state index < -0.39 is 0 Å². The number of rotatable bonds is 6. The molecule has 116 valence electrons. The quantitative estimate of drug-likeness (QED) is 0.889. The van der Waals surface area contributed by atoms with E-state index >= 15 is 0 Å². The second-order valence-electron chi connectivity index (χ2n) is 5.53. The lowest BCUT2D eigenvalue weighted by Gasteiger charge is -2.17. The third kappa shape index (κ3) is 3.67. The number of aliphatic hydroxyl groups is 1. The summed E-state index contributed by atoms with van der Waals surface area (Å²) in [5.41, 5.74) is 4.56. The molecule has 2 heterocycles. The van der Waals surface area contributed by atoms with Crippen molar-refractivity contribution in [3.8, 4) is 0 Å². The van der Waals surface area contributed by atoms with Crippen LogP contribution in [0.3, 0.4) is 0 Å². The average molecular weight is 311 g/mol. The number of hydrogen-bond donors (Lipinski definition) is 1. The van der Waals surface area contributed by atoms with E-state index in [9.17, 15) is 0 Å². The highest BCUT2D eigenvalue weighted by Crippen LogP contribution is 2.18. The summed E-state index contributed by atoms with van der Waals surface area (Å²) in [5.74, 6) is 0. The monoisotopic (exact) mass is 310 g/mol. The van der Waals surface area contributed by atoms with E-state index in [4.69, 9.17) is 16.7 Å². The topological polar surface area (TPSA) is 46.2 Å². The number of aliphatic hydroxyl groups excluding tert-OH is 1. The van der Waals surface area contributed by atoms with Crippen LogP contribution in [0.5, 0.6) is 0 Å². The molecule has 2 aromatic heterocycles. The molecule has 6 heteroatoms. The molecule has 0 saturated carbocycles. The fourth-order valence-corrected chi connectivity index (χ4v) is 2.87. The maximum Gasteiger partial charge on any atom is 0.0644 e. The molecule has 0 aromatic carbocycles. The third-order valence-electron chi connectivity index (χ3n) is 3.78. The van der Waals surface area contributed by atoms with Gasteiger partial charge < -0.3 is 9.67 Å². The van der Waals surface area contributed by atoms with Gasteiger partial charge in [0.25, 0.3) is 0 Å². The van der Waals surface area contributed by atoms with Gasteiger partial charge in [0.15, 0.2) is 0 Å². The predicted molar refractivity (Wildman–Crippen MR) is 84.4 cm³/mol. The van der Waals surface area contributed by atoms with Crippen molar-refractivity contribution in [2.24, 2.45) is 7.05 Å². The van der Waals surface area contributed by atoms with Gasteiger partial charge in [0, 0.05) is 43.3 Å². The highest BCUT2D eigenvalue weighted by atomic mass is 35.5. The minimum absolute atomic E-state index is 0.110. The molecule has 0 amide bonds. The van der Waals surface area contributed by atoms with Crippen LogP contribution in [0.4, 0.5) is 0 Å². The lowest BCUT2D eigenvalue weighted by atomic mass is 10.2. The first-order valence-corrected chi connectivity index (χ1v) is 7.43. The molecule has 2 aromatic rings. The minimum atomic E-state index is 0.110. The molecule has 0 aliphatic rings. The van der Waals surface area contributed by atoms with Crippen LogP contribution < -0.4 is 0 Å². The van der Waals surface area contributed by atoms with Crippen molar-refractivity contribution in [2.45, 2.75) is 33.5 Å². The summed E-state index contributed by atoms with van der Waals surface area (Å²) in [5, 5.41) is 14.3. The first-order valence-electron chi connectivity index (χ1n) is 7.05. The molecule has 0 saturated heterocycles. The largest absolute Gasteiger partial charge is 0.394 e. The highest BCUT2D eigenvalue weighted by molar-refractivity contribution is 6.30. The summed E-state index contributed by atoms with van der Waals surface area (Å²) in [4.78, 5) is 2.24. The van der Waals surface area contributed by atoms with Gasteiger partial charge in [-0.1, -0.05) is 11.6 Å². The molecule has 5 nitrogen and oxygen atoms in total. The average Bonchev–Trinajstić information content (AvgIpc) is 2.84. The standard InChI is InChI=1S/C15H23ClN4O/c1-11-15(12(2)20(17-11)5-6-21)10-18(3)9-14-7-13(16)8-19(14)4/h7-8,21H,5-6,9-10H2,1-4H3. The molecule has 21 heavy (non-hydrogen) atoms. The normalized spacial score (nSPS) is 11.6. The van der Waals surface area contributed by atoms with Crippen LogP contribution >= 0.6 is 11.6 Å². The van der Waals surface area contributed by atoms with Crippen LogP contribution in [0.1, 0.15) is 22.6 Å². The van der Waals surface area contributed by atoms with Crippen LogP contribution in [-0.2, 0) is 26.7 Å². The zero-order valence-electron chi connectivity index (χ0n) is 13.1. The summed E-state index contributed by atoms with van der Waals surface area (Å²) in [6.07, 6.45) is 1.92. The number of nitrogens with zero attached hydrogens (tertiary/aromatic N) is 4. The third-order valence-corrected chi connectivity index (χ3v) is 3.98. The summed E-state index contributed by atoms with van der Waals surface area (Å²) >= 11 is 6.02. The van der Waals surface area contributed by atoms with Crippen molar-refractivity contribution in [1.82, 2.24) is 19.2 Å².